The summed E-state index contributed by atoms with van der Waals surface area (Å²) in [4.78, 5) is 27.4. The van der Waals surface area contributed by atoms with E-state index in [0.717, 1.165) is 17.7 Å². The number of urea groups is 1. The fourth-order valence-corrected chi connectivity index (χ4v) is 3.18. The molecule has 2 heterocycles. The Balaban J connectivity index is 1.43. The zero-order valence-electron chi connectivity index (χ0n) is 16.4. The van der Waals surface area contributed by atoms with Gasteiger partial charge in [0.25, 0.3) is 5.91 Å². The first kappa shape index (κ1) is 19.4. The maximum absolute atomic E-state index is 12.0. The number of imide groups is 1. The maximum atomic E-state index is 12.0. The van der Waals surface area contributed by atoms with Gasteiger partial charge in [-0.3, -0.25) is 15.1 Å². The van der Waals surface area contributed by atoms with Crippen LogP contribution < -0.4 is 20.1 Å². The lowest BCUT2D eigenvalue weighted by Crippen LogP contribution is -2.22. The van der Waals surface area contributed by atoms with E-state index >= 15 is 0 Å². The van der Waals surface area contributed by atoms with Crippen molar-refractivity contribution in [1.29, 1.82) is 0 Å². The molecule has 1 unspecified atom stereocenters. The molecule has 0 saturated carbocycles. The molecule has 1 aliphatic heterocycles. The number of benzene rings is 2. The predicted octanol–water partition coefficient (Wildman–Crippen LogP) is 3.90. The lowest BCUT2D eigenvalue weighted by Gasteiger charge is -2.14. The molecule has 2 N–H and O–H groups in total. The summed E-state index contributed by atoms with van der Waals surface area (Å²) in [5.41, 5.74) is 2.88. The number of carbonyl (C=O) groups excluding carboxylic acids is 2. The number of pyridine rings is 1. The Labute approximate surface area is 174 Å². The van der Waals surface area contributed by atoms with E-state index in [2.05, 4.69) is 34.7 Å². The van der Waals surface area contributed by atoms with Gasteiger partial charge in [-0.25, -0.2) is 4.79 Å². The SMILES string of the molecule is CCc1cccc(COc2ccc(Oc3ccncc3C3NC(=O)NC3=O)cc2)c1. The van der Waals surface area contributed by atoms with Gasteiger partial charge < -0.3 is 14.8 Å². The van der Waals surface area contributed by atoms with Crippen LogP contribution in [0.25, 0.3) is 0 Å². The second-order valence-corrected chi connectivity index (χ2v) is 6.84. The third kappa shape index (κ3) is 4.41. The van der Waals surface area contributed by atoms with Gasteiger partial charge in [-0.15, -0.1) is 0 Å². The largest absolute Gasteiger partial charge is 0.489 e. The fraction of sp³-hybridized carbons (Fsp3) is 0.174. The highest BCUT2D eigenvalue weighted by molar-refractivity contribution is 6.04. The first-order valence-electron chi connectivity index (χ1n) is 9.66. The summed E-state index contributed by atoms with van der Waals surface area (Å²) in [6.45, 7) is 2.61. The summed E-state index contributed by atoms with van der Waals surface area (Å²) >= 11 is 0. The van der Waals surface area contributed by atoms with Crippen LogP contribution in [0.3, 0.4) is 0 Å². The van der Waals surface area contributed by atoms with Crippen LogP contribution in [0.4, 0.5) is 4.79 Å². The molecule has 1 aromatic heterocycles. The van der Waals surface area contributed by atoms with Crippen LogP contribution in [-0.4, -0.2) is 16.9 Å². The number of hydrogen-bond donors (Lipinski definition) is 2. The van der Waals surface area contributed by atoms with Crippen molar-refractivity contribution in [3.8, 4) is 17.2 Å². The Kier molecular flexibility index (Phi) is 5.61. The van der Waals surface area contributed by atoms with Gasteiger partial charge in [0, 0.05) is 18.0 Å². The van der Waals surface area contributed by atoms with Gasteiger partial charge in [-0.2, -0.15) is 0 Å². The molecule has 1 saturated heterocycles. The molecule has 0 spiro atoms. The molecule has 3 aromatic rings. The summed E-state index contributed by atoms with van der Waals surface area (Å²) < 4.78 is 11.8. The molecule has 0 bridgehead atoms. The zero-order valence-corrected chi connectivity index (χ0v) is 16.4. The van der Waals surface area contributed by atoms with E-state index in [1.165, 1.54) is 11.8 Å². The summed E-state index contributed by atoms with van der Waals surface area (Å²) in [7, 11) is 0. The van der Waals surface area contributed by atoms with Crippen molar-refractivity contribution < 1.29 is 19.1 Å². The van der Waals surface area contributed by atoms with Crippen molar-refractivity contribution in [2.75, 3.05) is 0 Å². The highest BCUT2D eigenvalue weighted by Gasteiger charge is 2.33. The number of amides is 3. The fourth-order valence-electron chi connectivity index (χ4n) is 3.18. The molecule has 2 aromatic carbocycles. The van der Waals surface area contributed by atoms with Crippen molar-refractivity contribution in [2.24, 2.45) is 0 Å². The predicted molar refractivity (Wildman–Crippen MR) is 110 cm³/mol. The van der Waals surface area contributed by atoms with Crippen molar-refractivity contribution in [2.45, 2.75) is 26.0 Å². The van der Waals surface area contributed by atoms with Crippen LogP contribution in [0.1, 0.15) is 29.7 Å². The number of carbonyl (C=O) groups is 2. The van der Waals surface area contributed by atoms with Crippen molar-refractivity contribution >= 4 is 11.9 Å². The van der Waals surface area contributed by atoms with Gasteiger partial charge in [0.15, 0.2) is 0 Å². The van der Waals surface area contributed by atoms with Crippen molar-refractivity contribution in [3.05, 3.63) is 83.7 Å². The topological polar surface area (TPSA) is 89.6 Å². The van der Waals surface area contributed by atoms with E-state index in [9.17, 15) is 9.59 Å². The molecule has 7 nitrogen and oxygen atoms in total. The van der Waals surface area contributed by atoms with Gasteiger partial charge in [-0.1, -0.05) is 31.2 Å². The molecule has 1 aliphatic rings. The maximum Gasteiger partial charge on any atom is 0.322 e. The molecule has 0 radical (unpaired) electrons. The number of hydrogen-bond acceptors (Lipinski definition) is 5. The van der Waals surface area contributed by atoms with Gasteiger partial charge in [0.05, 0.1) is 0 Å². The number of aromatic nitrogens is 1. The van der Waals surface area contributed by atoms with E-state index in [4.69, 9.17) is 9.47 Å². The Bertz CT molecular complexity index is 1070. The highest BCUT2D eigenvalue weighted by Crippen LogP contribution is 2.31. The Hall–Kier alpha value is -3.87. The van der Waals surface area contributed by atoms with E-state index in [0.29, 0.717) is 23.7 Å². The minimum atomic E-state index is -0.831. The van der Waals surface area contributed by atoms with Crippen molar-refractivity contribution in [3.63, 3.8) is 0 Å². The smallest absolute Gasteiger partial charge is 0.322 e. The Morgan fingerprint density at radius 2 is 1.77 bits per heavy atom. The number of nitrogens with one attached hydrogen (secondary N) is 2. The number of nitrogens with zero attached hydrogens (tertiary/aromatic N) is 1. The molecular formula is C23H21N3O4. The summed E-state index contributed by atoms with van der Waals surface area (Å²) in [6.07, 6.45) is 4.06. The van der Waals surface area contributed by atoms with E-state index < -0.39 is 18.0 Å². The third-order valence-electron chi connectivity index (χ3n) is 4.75. The van der Waals surface area contributed by atoms with Gasteiger partial charge in [0.1, 0.15) is 29.9 Å². The summed E-state index contributed by atoms with van der Waals surface area (Å²) in [5.74, 6) is 1.31. The third-order valence-corrected chi connectivity index (χ3v) is 4.75. The van der Waals surface area contributed by atoms with E-state index in [1.54, 1.807) is 24.4 Å². The van der Waals surface area contributed by atoms with Gasteiger partial charge in [0.2, 0.25) is 0 Å². The minimum absolute atomic E-state index is 0.436. The standard InChI is InChI=1S/C23H21N3O4/c1-2-15-4-3-5-16(12-15)14-29-17-6-8-18(9-7-17)30-20-10-11-24-13-19(20)21-22(27)26-23(28)25-21/h3-13,21H,2,14H2,1H3,(H2,25,26,27,28). The van der Waals surface area contributed by atoms with Crippen LogP contribution in [0.15, 0.2) is 67.0 Å². The molecule has 30 heavy (non-hydrogen) atoms. The highest BCUT2D eigenvalue weighted by atomic mass is 16.5. The molecule has 1 fully saturated rings. The lowest BCUT2D eigenvalue weighted by molar-refractivity contribution is -0.120. The first-order chi connectivity index (χ1) is 14.6. The first-order valence-corrected chi connectivity index (χ1v) is 9.66. The number of ether oxygens (including phenoxy) is 2. The monoisotopic (exact) mass is 403 g/mol. The second kappa shape index (κ2) is 8.65. The lowest BCUT2D eigenvalue weighted by atomic mass is 10.1. The molecule has 152 valence electrons. The normalized spacial score (nSPS) is 15.4. The average Bonchev–Trinajstić information content (AvgIpc) is 3.11. The number of rotatable bonds is 7. The average molecular weight is 403 g/mol. The Morgan fingerprint density at radius 1 is 1.00 bits per heavy atom. The molecular weight excluding hydrogens is 382 g/mol. The van der Waals surface area contributed by atoms with Crippen LogP contribution in [-0.2, 0) is 17.8 Å². The molecule has 1 atom stereocenters. The van der Waals surface area contributed by atoms with E-state index in [-0.39, 0.29) is 0 Å². The summed E-state index contributed by atoms with van der Waals surface area (Å²) in [6, 6.07) is 15.8. The van der Waals surface area contributed by atoms with Crippen LogP contribution in [0, 0.1) is 0 Å². The van der Waals surface area contributed by atoms with Gasteiger partial charge >= 0.3 is 6.03 Å². The van der Waals surface area contributed by atoms with Crippen molar-refractivity contribution in [1.82, 2.24) is 15.6 Å². The quantitative estimate of drug-likeness (QED) is 0.584. The minimum Gasteiger partial charge on any atom is -0.489 e. The van der Waals surface area contributed by atoms with Crippen LogP contribution in [0.5, 0.6) is 17.2 Å². The van der Waals surface area contributed by atoms with Crippen LogP contribution >= 0.6 is 0 Å². The molecule has 4 rings (SSSR count). The molecule has 7 heteroatoms. The number of aryl methyl sites for hydroxylation is 1. The molecule has 0 aliphatic carbocycles. The second-order valence-electron chi connectivity index (χ2n) is 6.84. The van der Waals surface area contributed by atoms with Gasteiger partial charge in [-0.05, 0) is 47.9 Å². The van der Waals surface area contributed by atoms with Crippen LogP contribution in [0.2, 0.25) is 0 Å². The summed E-state index contributed by atoms with van der Waals surface area (Å²) in [5, 5.41) is 4.77. The Morgan fingerprint density at radius 3 is 2.50 bits per heavy atom. The zero-order chi connectivity index (χ0) is 20.9. The van der Waals surface area contributed by atoms with E-state index in [1.807, 2.05) is 24.3 Å². The molecule has 3 amide bonds.